The van der Waals surface area contributed by atoms with Crippen LogP contribution in [0.1, 0.15) is 60.3 Å². The van der Waals surface area contributed by atoms with Crippen LogP contribution in [0.3, 0.4) is 0 Å². The number of rotatable bonds is 21. The molecule has 0 aliphatic rings. The lowest BCUT2D eigenvalue weighted by Gasteiger charge is -2.26. The molecule has 0 spiro atoms. The van der Waals surface area contributed by atoms with Crippen LogP contribution in [0.4, 0.5) is 0 Å². The highest BCUT2D eigenvalue weighted by molar-refractivity contribution is 7.80. The number of thiol groups is 1. The van der Waals surface area contributed by atoms with Gasteiger partial charge >= 0.3 is 17.9 Å². The summed E-state index contributed by atoms with van der Waals surface area (Å²) in [6, 6.07) is -9.36. The molecular formula is C27H45N7O12S. The zero-order valence-electron chi connectivity index (χ0n) is 26.7. The molecule has 0 aliphatic heterocycles. The molecule has 0 rings (SSSR count). The third-order valence-electron chi connectivity index (χ3n) is 6.40. The highest BCUT2D eigenvalue weighted by Gasteiger charge is 2.32. The molecule has 0 fully saturated rings. The number of aliphatic carboxylic acids is 3. The van der Waals surface area contributed by atoms with Gasteiger partial charge in [-0.15, -0.1) is 0 Å². The van der Waals surface area contributed by atoms with Gasteiger partial charge in [0.05, 0.1) is 12.5 Å². The minimum atomic E-state index is -1.67. The Balaban J connectivity index is 5.56. The number of carboxylic acid groups (broad SMARTS) is 3. The van der Waals surface area contributed by atoms with E-state index in [4.69, 9.17) is 15.9 Å². The van der Waals surface area contributed by atoms with Gasteiger partial charge in [-0.05, 0) is 39.5 Å². The summed E-state index contributed by atoms with van der Waals surface area (Å²) in [5, 5.41) is 40.9. The minimum Gasteiger partial charge on any atom is -0.481 e. The first-order valence-corrected chi connectivity index (χ1v) is 15.2. The first kappa shape index (κ1) is 42.5. The number of nitrogens with one attached hydrogen (secondary N) is 6. The molecule has 0 radical (unpaired) electrons. The second-order valence-corrected chi connectivity index (χ2v) is 11.5. The smallest absolute Gasteiger partial charge is 0.325 e. The molecule has 0 heterocycles. The molecule has 47 heavy (non-hydrogen) atoms. The number of hydrogen-bond donors (Lipinski definition) is 11. The molecule has 0 saturated heterocycles. The third-order valence-corrected chi connectivity index (χ3v) is 6.79. The molecule has 0 bridgehead atoms. The van der Waals surface area contributed by atoms with E-state index >= 15 is 0 Å². The Morgan fingerprint density at radius 2 is 1.00 bits per heavy atom. The zero-order valence-corrected chi connectivity index (χ0v) is 27.6. The Kier molecular flexibility index (Phi) is 18.7. The Morgan fingerprint density at radius 1 is 0.574 bits per heavy atom. The van der Waals surface area contributed by atoms with E-state index in [1.54, 1.807) is 13.8 Å². The summed E-state index contributed by atoms with van der Waals surface area (Å²) in [5.41, 5.74) is 5.59. The zero-order chi connectivity index (χ0) is 36.6. The molecule has 19 nitrogen and oxygen atoms in total. The first-order chi connectivity index (χ1) is 21.7. The monoisotopic (exact) mass is 691 g/mol. The lowest BCUT2D eigenvalue weighted by atomic mass is 10.0. The normalized spacial score (nSPS) is 15.3. The lowest BCUT2D eigenvalue weighted by Crippen LogP contribution is -2.59. The molecule has 20 heteroatoms. The van der Waals surface area contributed by atoms with Crippen molar-refractivity contribution in [1.82, 2.24) is 31.9 Å². The van der Waals surface area contributed by atoms with Gasteiger partial charge in [-0.1, -0.05) is 13.8 Å². The maximum atomic E-state index is 13.1. The Morgan fingerprint density at radius 3 is 1.47 bits per heavy atom. The standard InChI is InChI=1S/C27H45N7O12S/c1-11(2)8-17(26(44)34-18(9-20(37)38)25(43)31-14(5)27(45)46)33-22(40)13(4)29-21(39)12(3)30-24(42)16(6-7-19(35)36)32-23(41)15(28)10-47/h11-18,47H,6-10,28H2,1-5H3,(H,29,39)(H,30,42)(H,31,43)(H,32,41)(H,33,40)(H,34,44)(H,35,36)(H,37,38)(H,45,46)/t12-,13+,14-,15-,16+,17-,18+/m0/s1. The van der Waals surface area contributed by atoms with Gasteiger partial charge in [0.25, 0.3) is 0 Å². The second-order valence-electron chi connectivity index (χ2n) is 11.2. The van der Waals surface area contributed by atoms with Crippen LogP contribution in [-0.2, 0) is 43.2 Å². The summed E-state index contributed by atoms with van der Waals surface area (Å²) < 4.78 is 0. The third kappa shape index (κ3) is 16.6. The predicted molar refractivity (Wildman–Crippen MR) is 167 cm³/mol. The summed E-state index contributed by atoms with van der Waals surface area (Å²) >= 11 is 3.90. The van der Waals surface area contributed by atoms with Crippen molar-refractivity contribution >= 4 is 66.0 Å². The predicted octanol–water partition coefficient (Wildman–Crippen LogP) is -3.32. The van der Waals surface area contributed by atoms with Gasteiger partial charge in [-0.3, -0.25) is 43.2 Å². The van der Waals surface area contributed by atoms with Crippen LogP contribution >= 0.6 is 12.6 Å². The summed E-state index contributed by atoms with van der Waals surface area (Å²) in [4.78, 5) is 110. The van der Waals surface area contributed by atoms with E-state index in [1.165, 1.54) is 13.8 Å². The average Bonchev–Trinajstić information content (AvgIpc) is 2.96. The second kappa shape index (κ2) is 20.6. The summed E-state index contributed by atoms with van der Waals surface area (Å²) in [5.74, 6) is -9.73. The number of amides is 6. The summed E-state index contributed by atoms with van der Waals surface area (Å²) in [7, 11) is 0. The van der Waals surface area contributed by atoms with E-state index in [0.29, 0.717) is 0 Å². The van der Waals surface area contributed by atoms with Gasteiger partial charge in [0, 0.05) is 12.2 Å². The van der Waals surface area contributed by atoms with Gasteiger partial charge in [0.1, 0.15) is 36.3 Å². The van der Waals surface area contributed by atoms with Crippen LogP contribution in [-0.4, -0.2) is 117 Å². The molecule has 0 saturated carbocycles. The van der Waals surface area contributed by atoms with E-state index in [2.05, 4.69) is 44.5 Å². The molecule has 11 N–H and O–H groups in total. The molecule has 0 unspecified atom stereocenters. The number of carbonyl (C=O) groups is 9. The largest absolute Gasteiger partial charge is 0.481 e. The highest BCUT2D eigenvalue weighted by atomic mass is 32.1. The minimum absolute atomic E-state index is 0.0258. The average molecular weight is 692 g/mol. The molecule has 0 aromatic carbocycles. The Labute approximate surface area is 276 Å². The van der Waals surface area contributed by atoms with Crippen LogP contribution in [0, 0.1) is 5.92 Å². The summed E-state index contributed by atoms with van der Waals surface area (Å²) in [6.45, 7) is 7.11. The number of carboxylic acids is 3. The van der Waals surface area contributed by atoms with Gasteiger partial charge in [0.2, 0.25) is 35.4 Å². The maximum absolute atomic E-state index is 13.1. The van der Waals surface area contributed by atoms with Crippen molar-refractivity contribution in [3.63, 3.8) is 0 Å². The maximum Gasteiger partial charge on any atom is 0.325 e. The van der Waals surface area contributed by atoms with E-state index in [9.17, 15) is 48.3 Å². The van der Waals surface area contributed by atoms with Gasteiger partial charge < -0.3 is 53.0 Å². The molecule has 6 amide bonds. The first-order valence-electron chi connectivity index (χ1n) is 14.5. The Bertz CT molecular complexity index is 1180. The molecule has 266 valence electrons. The molecule has 0 aromatic heterocycles. The molecule has 7 atom stereocenters. The van der Waals surface area contributed by atoms with Crippen molar-refractivity contribution in [2.75, 3.05) is 5.75 Å². The van der Waals surface area contributed by atoms with Crippen molar-refractivity contribution in [2.24, 2.45) is 11.7 Å². The molecule has 0 aromatic rings. The van der Waals surface area contributed by atoms with Crippen molar-refractivity contribution in [2.45, 2.75) is 103 Å². The van der Waals surface area contributed by atoms with Crippen molar-refractivity contribution in [1.29, 1.82) is 0 Å². The number of nitrogens with two attached hydrogens (primary N) is 1. The van der Waals surface area contributed by atoms with Gasteiger partial charge in [-0.2, -0.15) is 12.6 Å². The van der Waals surface area contributed by atoms with Crippen LogP contribution < -0.4 is 37.6 Å². The van der Waals surface area contributed by atoms with Crippen LogP contribution in [0.25, 0.3) is 0 Å². The Hall–Kier alpha value is -4.46. The number of carbonyl (C=O) groups excluding carboxylic acids is 6. The highest BCUT2D eigenvalue weighted by Crippen LogP contribution is 2.07. The van der Waals surface area contributed by atoms with E-state index < -0.39 is 108 Å². The molecular weight excluding hydrogens is 646 g/mol. The summed E-state index contributed by atoms with van der Waals surface area (Å²) in [6.07, 6.45) is -1.66. The van der Waals surface area contributed by atoms with Crippen LogP contribution in [0.15, 0.2) is 0 Å². The topological polar surface area (TPSA) is 313 Å². The molecule has 0 aliphatic carbocycles. The van der Waals surface area contributed by atoms with E-state index in [-0.39, 0.29) is 24.5 Å². The number of hydrogen-bond acceptors (Lipinski definition) is 11. The quantitative estimate of drug-likeness (QED) is 0.0526. The van der Waals surface area contributed by atoms with Crippen LogP contribution in [0.5, 0.6) is 0 Å². The van der Waals surface area contributed by atoms with Crippen molar-refractivity contribution in [3.8, 4) is 0 Å². The fraction of sp³-hybridized carbons (Fsp3) is 0.667. The van der Waals surface area contributed by atoms with E-state index in [1.807, 2.05) is 0 Å². The van der Waals surface area contributed by atoms with Crippen molar-refractivity contribution < 1.29 is 58.5 Å². The fourth-order valence-corrected chi connectivity index (χ4v) is 3.88. The SMILES string of the molecule is CC(C)C[C@H](NC(=O)[C@@H](C)NC(=O)[C@H](C)NC(=O)[C@@H](CCC(=O)O)NC(=O)[C@@H](N)CS)C(=O)N[C@H](CC(=O)O)C(=O)N[C@@H](C)C(=O)O. The fourth-order valence-electron chi connectivity index (χ4n) is 3.71. The van der Waals surface area contributed by atoms with Crippen LogP contribution in [0.2, 0.25) is 0 Å². The lowest BCUT2D eigenvalue weighted by molar-refractivity contribution is -0.143. The van der Waals surface area contributed by atoms with Gasteiger partial charge in [-0.25, -0.2) is 0 Å². The van der Waals surface area contributed by atoms with Gasteiger partial charge in [0.15, 0.2) is 0 Å². The van der Waals surface area contributed by atoms with Crippen molar-refractivity contribution in [3.05, 3.63) is 0 Å². The van der Waals surface area contributed by atoms with E-state index in [0.717, 1.165) is 6.92 Å².